The molecule has 1 saturated heterocycles. The number of amidine groups is 1. The zero-order chi connectivity index (χ0) is 21.2. The lowest BCUT2D eigenvalue weighted by Crippen LogP contribution is -2.52. The SMILES string of the molecule is CCCC(CCC)C(NC(=O)C1CCCCC1)C(=O)C(=O)N/N=C1\SCCN1C. The number of rotatable bonds is 10. The molecule has 1 saturated carbocycles. The van der Waals surface area contributed by atoms with Gasteiger partial charge in [0.15, 0.2) is 5.17 Å². The maximum absolute atomic E-state index is 13.0. The van der Waals surface area contributed by atoms with Crippen LogP contribution < -0.4 is 10.7 Å². The maximum atomic E-state index is 13.0. The average Bonchev–Trinajstić information content (AvgIpc) is 3.14. The Bertz CT molecular complexity index is 599. The largest absolute Gasteiger partial charge is 0.352 e. The summed E-state index contributed by atoms with van der Waals surface area (Å²) < 4.78 is 0. The van der Waals surface area contributed by atoms with Crippen LogP contribution in [0.4, 0.5) is 0 Å². The second kappa shape index (κ2) is 12.2. The van der Waals surface area contributed by atoms with E-state index >= 15 is 0 Å². The minimum atomic E-state index is -0.779. The molecule has 2 aliphatic rings. The normalized spacial score (nSPS) is 20.1. The lowest BCUT2D eigenvalue weighted by molar-refractivity contribution is -0.141. The minimum absolute atomic E-state index is 0.0352. The lowest BCUT2D eigenvalue weighted by Gasteiger charge is -2.29. The molecule has 0 radical (unpaired) electrons. The highest BCUT2D eigenvalue weighted by Gasteiger charge is 2.35. The number of hydrazone groups is 1. The standard InChI is InChI=1S/C21H36N4O3S/c1-4-9-15(10-5-2)17(22-19(27)16-11-7-6-8-12-16)18(26)20(28)23-24-21-25(3)13-14-29-21/h15-17H,4-14H2,1-3H3,(H,22,27)(H,23,28)/b24-21-. The van der Waals surface area contributed by atoms with Crippen LogP contribution in [0.2, 0.25) is 0 Å². The van der Waals surface area contributed by atoms with E-state index in [9.17, 15) is 14.4 Å². The first-order valence-corrected chi connectivity index (χ1v) is 12.0. The van der Waals surface area contributed by atoms with Gasteiger partial charge in [-0.1, -0.05) is 57.7 Å². The molecule has 1 heterocycles. The van der Waals surface area contributed by atoms with Gasteiger partial charge in [-0.25, -0.2) is 5.43 Å². The van der Waals surface area contributed by atoms with Crippen molar-refractivity contribution in [3.63, 3.8) is 0 Å². The van der Waals surface area contributed by atoms with Gasteiger partial charge in [-0.15, -0.1) is 5.10 Å². The van der Waals surface area contributed by atoms with Crippen LogP contribution >= 0.6 is 11.8 Å². The van der Waals surface area contributed by atoms with Crippen LogP contribution in [0.15, 0.2) is 5.10 Å². The number of carbonyl (C=O) groups is 3. The average molecular weight is 425 g/mol. The molecule has 0 spiro atoms. The third kappa shape index (κ3) is 7.01. The van der Waals surface area contributed by atoms with Gasteiger partial charge >= 0.3 is 5.91 Å². The van der Waals surface area contributed by atoms with Gasteiger partial charge in [0.2, 0.25) is 11.7 Å². The molecule has 1 unspecified atom stereocenters. The summed E-state index contributed by atoms with van der Waals surface area (Å²) in [4.78, 5) is 40.4. The Kier molecular flexibility index (Phi) is 9.97. The van der Waals surface area contributed by atoms with Crippen molar-refractivity contribution in [3.05, 3.63) is 0 Å². The summed E-state index contributed by atoms with van der Waals surface area (Å²) in [5.74, 6) is -0.582. The summed E-state index contributed by atoms with van der Waals surface area (Å²) in [5.41, 5.74) is 2.41. The summed E-state index contributed by atoms with van der Waals surface area (Å²) in [5, 5.41) is 7.76. The topological polar surface area (TPSA) is 90.9 Å². The van der Waals surface area contributed by atoms with E-state index in [1.165, 1.54) is 0 Å². The number of ketones is 1. The Balaban J connectivity index is 2.09. The van der Waals surface area contributed by atoms with E-state index in [0.29, 0.717) is 5.17 Å². The van der Waals surface area contributed by atoms with E-state index in [2.05, 4.69) is 29.7 Å². The number of nitrogens with zero attached hydrogens (tertiary/aromatic N) is 2. The molecular formula is C21H36N4O3S. The number of Topliss-reactive ketones (excluding diaryl/α,β-unsaturated/α-hetero) is 1. The van der Waals surface area contributed by atoms with Crippen LogP contribution in [-0.4, -0.2) is 53.1 Å². The van der Waals surface area contributed by atoms with Crippen LogP contribution in [0.25, 0.3) is 0 Å². The van der Waals surface area contributed by atoms with E-state index in [-0.39, 0.29) is 17.7 Å². The van der Waals surface area contributed by atoms with Gasteiger partial charge in [0.05, 0.1) is 0 Å². The van der Waals surface area contributed by atoms with Crippen molar-refractivity contribution in [2.45, 2.75) is 77.7 Å². The van der Waals surface area contributed by atoms with E-state index < -0.39 is 17.7 Å². The van der Waals surface area contributed by atoms with Crippen molar-refractivity contribution >= 4 is 34.5 Å². The molecule has 0 bridgehead atoms. The molecule has 29 heavy (non-hydrogen) atoms. The highest BCUT2D eigenvalue weighted by Crippen LogP contribution is 2.25. The predicted molar refractivity (Wildman–Crippen MR) is 117 cm³/mol. The van der Waals surface area contributed by atoms with Crippen molar-refractivity contribution in [3.8, 4) is 0 Å². The zero-order valence-corrected chi connectivity index (χ0v) is 18.9. The number of amides is 2. The number of hydrogen-bond donors (Lipinski definition) is 2. The fraction of sp³-hybridized carbons (Fsp3) is 0.810. The summed E-state index contributed by atoms with van der Waals surface area (Å²) in [6, 6.07) is -0.779. The second-order valence-corrected chi connectivity index (χ2v) is 9.19. The van der Waals surface area contributed by atoms with Gasteiger partial charge in [0.1, 0.15) is 6.04 Å². The molecule has 2 amide bonds. The summed E-state index contributed by atoms with van der Waals surface area (Å²) in [6.07, 6.45) is 8.39. The van der Waals surface area contributed by atoms with Crippen LogP contribution in [-0.2, 0) is 14.4 Å². The minimum Gasteiger partial charge on any atom is -0.352 e. The monoisotopic (exact) mass is 424 g/mol. The van der Waals surface area contributed by atoms with Crippen molar-refractivity contribution < 1.29 is 14.4 Å². The first-order valence-electron chi connectivity index (χ1n) is 11.0. The first kappa shape index (κ1) is 23.7. The molecule has 1 aliphatic heterocycles. The Hall–Kier alpha value is -1.57. The van der Waals surface area contributed by atoms with Crippen molar-refractivity contribution in [1.82, 2.24) is 15.6 Å². The molecule has 164 valence electrons. The van der Waals surface area contributed by atoms with Gasteiger partial charge in [0, 0.05) is 25.3 Å². The fourth-order valence-electron chi connectivity index (χ4n) is 4.14. The van der Waals surface area contributed by atoms with Gasteiger partial charge in [-0.2, -0.15) is 0 Å². The highest BCUT2D eigenvalue weighted by atomic mass is 32.2. The van der Waals surface area contributed by atoms with Crippen LogP contribution in [0, 0.1) is 11.8 Å². The van der Waals surface area contributed by atoms with E-state index in [1.54, 1.807) is 11.8 Å². The zero-order valence-electron chi connectivity index (χ0n) is 18.0. The molecule has 0 aromatic rings. The second-order valence-electron chi connectivity index (χ2n) is 8.13. The Morgan fingerprint density at radius 2 is 1.79 bits per heavy atom. The third-order valence-corrected chi connectivity index (χ3v) is 6.86. The number of nitrogens with one attached hydrogen (secondary N) is 2. The predicted octanol–water partition coefficient (Wildman–Crippen LogP) is 2.90. The molecule has 8 heteroatoms. The van der Waals surface area contributed by atoms with Gasteiger partial charge in [-0.05, 0) is 31.6 Å². The number of hydrogen-bond acceptors (Lipinski definition) is 5. The lowest BCUT2D eigenvalue weighted by atomic mass is 9.85. The Labute approximate surface area is 178 Å². The van der Waals surface area contributed by atoms with Crippen LogP contribution in [0.1, 0.15) is 71.6 Å². The van der Waals surface area contributed by atoms with Gasteiger partial charge < -0.3 is 10.2 Å². The fourth-order valence-corrected chi connectivity index (χ4v) is 5.11. The molecule has 7 nitrogen and oxygen atoms in total. The Morgan fingerprint density at radius 3 is 2.34 bits per heavy atom. The van der Waals surface area contributed by atoms with Crippen LogP contribution in [0.5, 0.6) is 0 Å². The molecule has 1 aliphatic carbocycles. The number of carbonyl (C=O) groups excluding carboxylic acids is 3. The van der Waals surface area contributed by atoms with E-state index in [1.807, 2.05) is 11.9 Å². The van der Waals surface area contributed by atoms with Crippen molar-refractivity contribution in [2.75, 3.05) is 19.3 Å². The van der Waals surface area contributed by atoms with Gasteiger partial charge in [-0.3, -0.25) is 14.4 Å². The molecule has 2 rings (SSSR count). The smallest absolute Gasteiger partial charge is 0.309 e. The molecule has 1 atom stereocenters. The number of thioether (sulfide) groups is 1. The maximum Gasteiger partial charge on any atom is 0.309 e. The molecule has 2 N–H and O–H groups in total. The molecule has 0 aromatic carbocycles. The third-order valence-electron chi connectivity index (χ3n) is 5.81. The Morgan fingerprint density at radius 1 is 1.14 bits per heavy atom. The van der Waals surface area contributed by atoms with E-state index in [4.69, 9.17) is 0 Å². The van der Waals surface area contributed by atoms with Gasteiger partial charge in [0.25, 0.3) is 0 Å². The van der Waals surface area contributed by atoms with Crippen molar-refractivity contribution in [2.24, 2.45) is 16.9 Å². The summed E-state index contributed by atoms with van der Waals surface area (Å²) in [7, 11) is 1.90. The quantitative estimate of drug-likeness (QED) is 0.416. The summed E-state index contributed by atoms with van der Waals surface area (Å²) in [6.45, 7) is 4.99. The van der Waals surface area contributed by atoms with E-state index in [0.717, 1.165) is 70.1 Å². The summed E-state index contributed by atoms with van der Waals surface area (Å²) >= 11 is 1.54. The molecule has 0 aromatic heterocycles. The molecule has 2 fully saturated rings. The van der Waals surface area contributed by atoms with Crippen molar-refractivity contribution in [1.29, 1.82) is 0 Å². The van der Waals surface area contributed by atoms with Crippen LogP contribution in [0.3, 0.4) is 0 Å². The molecular weight excluding hydrogens is 388 g/mol. The first-order chi connectivity index (χ1) is 14.0. The highest BCUT2D eigenvalue weighted by molar-refractivity contribution is 8.14.